The lowest BCUT2D eigenvalue weighted by Gasteiger charge is -2.36. The number of alkyl halides is 1. The molecular weight excluding hydrogens is 230 g/mol. The van der Waals surface area contributed by atoms with Gasteiger partial charge in [0.2, 0.25) is 0 Å². The highest BCUT2D eigenvalue weighted by Crippen LogP contribution is 2.36. The van der Waals surface area contributed by atoms with E-state index in [0.29, 0.717) is 5.41 Å². The molecular formula is C15H28ClN. The number of hydrogen-bond donors (Lipinski definition) is 1. The second-order valence-corrected chi connectivity index (χ2v) is 6.60. The van der Waals surface area contributed by atoms with E-state index in [1.807, 2.05) is 0 Å². The van der Waals surface area contributed by atoms with E-state index in [4.69, 9.17) is 11.6 Å². The third-order valence-corrected chi connectivity index (χ3v) is 5.42. The maximum atomic E-state index is 6.22. The maximum Gasteiger partial charge on any atom is 0.0292 e. The van der Waals surface area contributed by atoms with E-state index in [0.717, 1.165) is 18.3 Å². The molecule has 0 unspecified atom stereocenters. The monoisotopic (exact) mass is 257 g/mol. The molecule has 2 fully saturated rings. The zero-order valence-corrected chi connectivity index (χ0v) is 11.9. The predicted molar refractivity (Wildman–Crippen MR) is 75.7 cm³/mol. The Morgan fingerprint density at radius 2 is 1.59 bits per heavy atom. The zero-order chi connectivity index (χ0) is 12.0. The SMILES string of the molecule is ClCC1(CNCC2CCCCC2)CCCCC1. The minimum absolute atomic E-state index is 0.425. The summed E-state index contributed by atoms with van der Waals surface area (Å²) < 4.78 is 0. The maximum absolute atomic E-state index is 6.22. The summed E-state index contributed by atoms with van der Waals surface area (Å²) in [4.78, 5) is 0. The second-order valence-electron chi connectivity index (χ2n) is 6.33. The summed E-state index contributed by atoms with van der Waals surface area (Å²) in [6.07, 6.45) is 14.1. The van der Waals surface area contributed by atoms with E-state index < -0.39 is 0 Å². The predicted octanol–water partition coefficient (Wildman–Crippen LogP) is 4.35. The fourth-order valence-electron chi connectivity index (χ4n) is 3.59. The molecule has 17 heavy (non-hydrogen) atoms. The van der Waals surface area contributed by atoms with Gasteiger partial charge in [0.25, 0.3) is 0 Å². The Hall–Kier alpha value is 0.250. The van der Waals surface area contributed by atoms with Gasteiger partial charge in [-0.15, -0.1) is 11.6 Å². The van der Waals surface area contributed by atoms with Crippen LogP contribution in [-0.2, 0) is 0 Å². The summed E-state index contributed by atoms with van der Waals surface area (Å²) in [6.45, 7) is 2.39. The van der Waals surface area contributed by atoms with E-state index in [1.165, 1.54) is 70.8 Å². The Morgan fingerprint density at radius 3 is 2.24 bits per heavy atom. The minimum Gasteiger partial charge on any atom is -0.316 e. The topological polar surface area (TPSA) is 12.0 Å². The Labute approximate surface area is 112 Å². The Balaban J connectivity index is 1.68. The fourth-order valence-corrected chi connectivity index (χ4v) is 3.95. The van der Waals surface area contributed by atoms with Crippen molar-refractivity contribution < 1.29 is 0 Å². The lowest BCUT2D eigenvalue weighted by molar-refractivity contribution is 0.205. The second kappa shape index (κ2) is 6.99. The summed E-state index contributed by atoms with van der Waals surface area (Å²) in [7, 11) is 0. The third kappa shape index (κ3) is 4.13. The van der Waals surface area contributed by atoms with Gasteiger partial charge in [0.05, 0.1) is 0 Å². The lowest BCUT2D eigenvalue weighted by Crippen LogP contribution is -2.39. The summed E-state index contributed by atoms with van der Waals surface area (Å²) in [6, 6.07) is 0. The normalized spacial score (nSPS) is 25.9. The number of nitrogens with one attached hydrogen (secondary N) is 1. The molecule has 0 aromatic rings. The van der Waals surface area contributed by atoms with Crippen molar-refractivity contribution in [3.8, 4) is 0 Å². The van der Waals surface area contributed by atoms with Crippen LogP contribution in [0.15, 0.2) is 0 Å². The molecule has 2 aliphatic rings. The molecule has 0 amide bonds. The van der Waals surface area contributed by atoms with E-state index in [9.17, 15) is 0 Å². The van der Waals surface area contributed by atoms with Gasteiger partial charge in [0.1, 0.15) is 0 Å². The van der Waals surface area contributed by atoms with E-state index >= 15 is 0 Å². The third-order valence-electron chi connectivity index (χ3n) is 4.86. The molecule has 0 heterocycles. The molecule has 0 atom stereocenters. The van der Waals surface area contributed by atoms with Crippen molar-refractivity contribution in [1.29, 1.82) is 0 Å². The number of hydrogen-bond acceptors (Lipinski definition) is 1. The van der Waals surface area contributed by atoms with Crippen molar-refractivity contribution in [3.05, 3.63) is 0 Å². The first kappa shape index (κ1) is 13.7. The Morgan fingerprint density at radius 1 is 0.941 bits per heavy atom. The molecule has 0 spiro atoms. The Kier molecular flexibility index (Phi) is 5.62. The molecule has 100 valence electrons. The average molecular weight is 258 g/mol. The molecule has 0 bridgehead atoms. The van der Waals surface area contributed by atoms with E-state index in [1.54, 1.807) is 0 Å². The smallest absolute Gasteiger partial charge is 0.0292 e. The van der Waals surface area contributed by atoms with Crippen molar-refractivity contribution in [1.82, 2.24) is 5.32 Å². The molecule has 2 rings (SSSR count). The van der Waals surface area contributed by atoms with Gasteiger partial charge >= 0.3 is 0 Å². The van der Waals surface area contributed by atoms with E-state index in [2.05, 4.69) is 5.32 Å². The molecule has 1 N–H and O–H groups in total. The van der Waals surface area contributed by atoms with Gasteiger partial charge in [0.15, 0.2) is 0 Å². The van der Waals surface area contributed by atoms with Crippen molar-refractivity contribution in [2.45, 2.75) is 64.2 Å². The molecule has 0 radical (unpaired) electrons. The molecule has 2 saturated carbocycles. The van der Waals surface area contributed by atoms with E-state index in [-0.39, 0.29) is 0 Å². The van der Waals surface area contributed by atoms with Gasteiger partial charge in [-0.25, -0.2) is 0 Å². The van der Waals surface area contributed by atoms with Gasteiger partial charge in [-0.3, -0.25) is 0 Å². The summed E-state index contributed by atoms with van der Waals surface area (Å²) in [5.74, 6) is 1.80. The largest absolute Gasteiger partial charge is 0.316 e. The summed E-state index contributed by atoms with van der Waals surface area (Å²) in [5, 5.41) is 3.73. The van der Waals surface area contributed by atoms with Gasteiger partial charge in [-0.05, 0) is 43.6 Å². The van der Waals surface area contributed by atoms with Crippen LogP contribution in [0.1, 0.15) is 64.2 Å². The van der Waals surface area contributed by atoms with Crippen molar-refractivity contribution >= 4 is 11.6 Å². The summed E-state index contributed by atoms with van der Waals surface area (Å²) >= 11 is 6.22. The fraction of sp³-hybridized carbons (Fsp3) is 1.00. The van der Waals surface area contributed by atoms with Crippen LogP contribution in [0, 0.1) is 11.3 Å². The molecule has 2 aliphatic carbocycles. The highest BCUT2D eigenvalue weighted by Gasteiger charge is 2.30. The first-order chi connectivity index (χ1) is 8.35. The molecule has 0 saturated heterocycles. The van der Waals surface area contributed by atoms with Gasteiger partial charge < -0.3 is 5.32 Å². The van der Waals surface area contributed by atoms with Crippen LogP contribution < -0.4 is 5.32 Å². The van der Waals surface area contributed by atoms with Crippen LogP contribution >= 0.6 is 11.6 Å². The average Bonchev–Trinajstić information content (AvgIpc) is 2.41. The van der Waals surface area contributed by atoms with Crippen LogP contribution in [-0.4, -0.2) is 19.0 Å². The molecule has 2 heteroatoms. The van der Waals surface area contributed by atoms with Crippen molar-refractivity contribution in [2.24, 2.45) is 11.3 Å². The molecule has 0 aromatic carbocycles. The highest BCUT2D eigenvalue weighted by atomic mass is 35.5. The standard InChI is InChI=1S/C15H28ClN/c16-12-15(9-5-2-6-10-15)13-17-11-14-7-3-1-4-8-14/h14,17H,1-13H2. The minimum atomic E-state index is 0.425. The van der Waals surface area contributed by atoms with Crippen LogP contribution in [0.5, 0.6) is 0 Å². The Bertz CT molecular complexity index is 205. The zero-order valence-electron chi connectivity index (χ0n) is 11.1. The van der Waals surface area contributed by atoms with Crippen molar-refractivity contribution in [3.63, 3.8) is 0 Å². The van der Waals surface area contributed by atoms with Crippen LogP contribution in [0.3, 0.4) is 0 Å². The quantitative estimate of drug-likeness (QED) is 0.723. The summed E-state index contributed by atoms with van der Waals surface area (Å²) in [5.41, 5.74) is 0.425. The molecule has 0 aliphatic heterocycles. The van der Waals surface area contributed by atoms with Gasteiger partial charge in [-0.2, -0.15) is 0 Å². The first-order valence-electron chi connectivity index (χ1n) is 7.61. The highest BCUT2D eigenvalue weighted by molar-refractivity contribution is 6.18. The van der Waals surface area contributed by atoms with Crippen LogP contribution in [0.2, 0.25) is 0 Å². The van der Waals surface area contributed by atoms with Gasteiger partial charge in [0, 0.05) is 12.4 Å². The number of rotatable bonds is 5. The van der Waals surface area contributed by atoms with Crippen LogP contribution in [0.25, 0.3) is 0 Å². The van der Waals surface area contributed by atoms with Gasteiger partial charge in [-0.1, -0.05) is 38.5 Å². The van der Waals surface area contributed by atoms with Crippen LogP contribution in [0.4, 0.5) is 0 Å². The number of halogens is 1. The first-order valence-corrected chi connectivity index (χ1v) is 8.15. The molecule has 0 aromatic heterocycles. The lowest BCUT2D eigenvalue weighted by atomic mass is 9.75. The van der Waals surface area contributed by atoms with Crippen molar-refractivity contribution in [2.75, 3.05) is 19.0 Å². The molecule has 1 nitrogen and oxygen atoms in total.